The molecule has 2 rings (SSSR count). The summed E-state index contributed by atoms with van der Waals surface area (Å²) in [6.45, 7) is 6.83. The van der Waals surface area contributed by atoms with E-state index < -0.39 is 0 Å². The van der Waals surface area contributed by atoms with Crippen LogP contribution >= 0.6 is 15.9 Å². The fraction of sp³-hybridized carbons (Fsp3) is 0.600. The standard InChI is InChI=1S/C15H21BrN2O/c1-10-4-13(7-15(2,3)6-10)18-14(19)11-5-12(16)9-17-8-11/h5,8-10,13H,4,6-7H2,1-3H3,(H,18,19). The Labute approximate surface area is 123 Å². The van der Waals surface area contributed by atoms with Gasteiger partial charge in [-0.05, 0) is 52.6 Å². The van der Waals surface area contributed by atoms with Gasteiger partial charge < -0.3 is 5.32 Å². The molecule has 104 valence electrons. The molecule has 2 atom stereocenters. The first kappa shape index (κ1) is 14.5. The monoisotopic (exact) mass is 324 g/mol. The van der Waals surface area contributed by atoms with E-state index in [0.29, 0.717) is 16.9 Å². The highest BCUT2D eigenvalue weighted by Crippen LogP contribution is 2.38. The number of rotatable bonds is 2. The third kappa shape index (κ3) is 4.03. The summed E-state index contributed by atoms with van der Waals surface area (Å²) in [6.07, 6.45) is 6.64. The number of nitrogens with one attached hydrogen (secondary N) is 1. The molecule has 1 aromatic rings. The van der Waals surface area contributed by atoms with Gasteiger partial charge in [0.25, 0.3) is 5.91 Å². The fourth-order valence-corrected chi connectivity index (χ4v) is 3.63. The molecular formula is C15H21BrN2O. The predicted molar refractivity (Wildman–Crippen MR) is 80.0 cm³/mol. The van der Waals surface area contributed by atoms with Crippen molar-refractivity contribution >= 4 is 21.8 Å². The minimum absolute atomic E-state index is 0.0244. The van der Waals surface area contributed by atoms with E-state index in [-0.39, 0.29) is 11.9 Å². The molecule has 1 saturated carbocycles. The molecule has 1 aliphatic rings. The Hall–Kier alpha value is -0.900. The van der Waals surface area contributed by atoms with Crippen molar-refractivity contribution < 1.29 is 4.79 Å². The van der Waals surface area contributed by atoms with Crippen LogP contribution < -0.4 is 5.32 Å². The zero-order valence-corrected chi connectivity index (χ0v) is 13.3. The lowest BCUT2D eigenvalue weighted by Crippen LogP contribution is -2.43. The highest BCUT2D eigenvalue weighted by Gasteiger charge is 2.32. The Kier molecular flexibility index (Phi) is 4.29. The Bertz CT molecular complexity index is 473. The van der Waals surface area contributed by atoms with E-state index in [1.165, 1.54) is 6.42 Å². The molecule has 1 heterocycles. The van der Waals surface area contributed by atoms with Gasteiger partial charge in [-0.3, -0.25) is 9.78 Å². The number of halogens is 1. The molecule has 0 aromatic carbocycles. The topological polar surface area (TPSA) is 42.0 Å². The van der Waals surface area contributed by atoms with Crippen LogP contribution in [0, 0.1) is 11.3 Å². The second-order valence-corrected chi connectivity index (χ2v) is 7.39. The molecule has 1 aliphatic carbocycles. The van der Waals surface area contributed by atoms with Gasteiger partial charge in [0.2, 0.25) is 0 Å². The molecule has 0 bridgehead atoms. The van der Waals surface area contributed by atoms with Gasteiger partial charge in [0.05, 0.1) is 5.56 Å². The van der Waals surface area contributed by atoms with Crippen molar-refractivity contribution in [2.24, 2.45) is 11.3 Å². The maximum Gasteiger partial charge on any atom is 0.253 e. The lowest BCUT2D eigenvalue weighted by molar-refractivity contribution is 0.0874. The van der Waals surface area contributed by atoms with Crippen LogP contribution in [0.1, 0.15) is 50.4 Å². The minimum Gasteiger partial charge on any atom is -0.349 e. The number of amides is 1. The first-order chi connectivity index (χ1) is 8.85. The zero-order chi connectivity index (χ0) is 14.0. The molecule has 1 fully saturated rings. The van der Waals surface area contributed by atoms with Gasteiger partial charge in [-0.1, -0.05) is 20.8 Å². The average molecular weight is 325 g/mol. The third-order valence-electron chi connectivity index (χ3n) is 3.69. The van der Waals surface area contributed by atoms with Gasteiger partial charge >= 0.3 is 0 Å². The third-order valence-corrected chi connectivity index (χ3v) is 4.12. The maximum atomic E-state index is 12.2. The highest BCUT2D eigenvalue weighted by molar-refractivity contribution is 9.10. The molecule has 1 amide bonds. The number of hydrogen-bond acceptors (Lipinski definition) is 2. The quantitative estimate of drug-likeness (QED) is 0.899. The van der Waals surface area contributed by atoms with Gasteiger partial charge in [-0.25, -0.2) is 0 Å². The van der Waals surface area contributed by atoms with Crippen molar-refractivity contribution in [3.05, 3.63) is 28.5 Å². The molecule has 0 aliphatic heterocycles. The molecular weight excluding hydrogens is 304 g/mol. The average Bonchev–Trinajstić information content (AvgIpc) is 2.25. The van der Waals surface area contributed by atoms with Gasteiger partial charge in [-0.2, -0.15) is 0 Å². The Morgan fingerprint density at radius 1 is 1.42 bits per heavy atom. The number of aromatic nitrogens is 1. The Morgan fingerprint density at radius 2 is 2.16 bits per heavy atom. The summed E-state index contributed by atoms with van der Waals surface area (Å²) in [5.41, 5.74) is 0.927. The van der Waals surface area contributed by atoms with Gasteiger partial charge in [-0.15, -0.1) is 0 Å². The van der Waals surface area contributed by atoms with Crippen LogP contribution in [0.25, 0.3) is 0 Å². The molecule has 1 N–H and O–H groups in total. The van der Waals surface area contributed by atoms with E-state index in [0.717, 1.165) is 17.3 Å². The largest absolute Gasteiger partial charge is 0.349 e. The number of carbonyl (C=O) groups is 1. The van der Waals surface area contributed by atoms with E-state index in [1.807, 2.05) is 0 Å². The second kappa shape index (κ2) is 5.61. The van der Waals surface area contributed by atoms with Crippen molar-refractivity contribution in [1.82, 2.24) is 10.3 Å². The number of nitrogens with zero attached hydrogens (tertiary/aromatic N) is 1. The molecule has 3 nitrogen and oxygen atoms in total. The Morgan fingerprint density at radius 3 is 2.79 bits per heavy atom. The summed E-state index contributed by atoms with van der Waals surface area (Å²) < 4.78 is 0.831. The van der Waals surface area contributed by atoms with Crippen LogP contribution in [0.3, 0.4) is 0 Å². The summed E-state index contributed by atoms with van der Waals surface area (Å²) in [4.78, 5) is 16.2. The minimum atomic E-state index is -0.0244. The van der Waals surface area contributed by atoms with Crippen molar-refractivity contribution in [3.8, 4) is 0 Å². The first-order valence-corrected chi connectivity index (χ1v) is 7.56. The Balaban J connectivity index is 2.03. The van der Waals surface area contributed by atoms with Crippen molar-refractivity contribution in [2.45, 2.75) is 46.1 Å². The van der Waals surface area contributed by atoms with E-state index in [2.05, 4.69) is 47.0 Å². The predicted octanol–water partition coefficient (Wildman–Crippen LogP) is 3.79. The van der Waals surface area contributed by atoms with Gasteiger partial charge in [0, 0.05) is 22.9 Å². The summed E-state index contributed by atoms with van der Waals surface area (Å²) in [5.74, 6) is 0.637. The van der Waals surface area contributed by atoms with Crippen molar-refractivity contribution in [2.75, 3.05) is 0 Å². The zero-order valence-electron chi connectivity index (χ0n) is 11.7. The maximum absolute atomic E-state index is 12.2. The molecule has 0 spiro atoms. The molecule has 19 heavy (non-hydrogen) atoms. The number of hydrogen-bond donors (Lipinski definition) is 1. The van der Waals surface area contributed by atoms with Crippen LogP contribution in [0.4, 0.5) is 0 Å². The van der Waals surface area contributed by atoms with Gasteiger partial charge in [0.1, 0.15) is 0 Å². The molecule has 0 radical (unpaired) electrons. The van der Waals surface area contributed by atoms with Gasteiger partial charge in [0.15, 0.2) is 0 Å². The number of carbonyl (C=O) groups excluding carboxylic acids is 1. The van der Waals surface area contributed by atoms with E-state index in [9.17, 15) is 4.79 Å². The lowest BCUT2D eigenvalue weighted by atomic mass is 9.70. The molecule has 2 unspecified atom stereocenters. The van der Waals surface area contributed by atoms with Crippen LogP contribution in [0.2, 0.25) is 0 Å². The van der Waals surface area contributed by atoms with Crippen LogP contribution in [0.5, 0.6) is 0 Å². The van der Waals surface area contributed by atoms with Crippen LogP contribution in [-0.2, 0) is 0 Å². The summed E-state index contributed by atoms with van der Waals surface area (Å²) >= 11 is 3.34. The van der Waals surface area contributed by atoms with Crippen molar-refractivity contribution in [1.29, 1.82) is 0 Å². The molecule has 0 saturated heterocycles. The van der Waals surface area contributed by atoms with E-state index >= 15 is 0 Å². The SMILES string of the molecule is CC1CC(NC(=O)c2cncc(Br)c2)CC(C)(C)C1. The summed E-state index contributed by atoms with van der Waals surface area (Å²) in [7, 11) is 0. The van der Waals surface area contributed by atoms with Crippen LogP contribution in [-0.4, -0.2) is 16.9 Å². The second-order valence-electron chi connectivity index (χ2n) is 6.48. The normalized spacial score (nSPS) is 25.9. The first-order valence-electron chi connectivity index (χ1n) is 6.77. The molecule has 4 heteroatoms. The van der Waals surface area contributed by atoms with E-state index in [4.69, 9.17) is 0 Å². The summed E-state index contributed by atoms with van der Waals surface area (Å²) in [5, 5.41) is 3.15. The fourth-order valence-electron chi connectivity index (χ4n) is 3.26. The smallest absolute Gasteiger partial charge is 0.253 e. The molecule has 1 aromatic heterocycles. The van der Waals surface area contributed by atoms with E-state index in [1.54, 1.807) is 18.5 Å². The van der Waals surface area contributed by atoms with Crippen molar-refractivity contribution in [3.63, 3.8) is 0 Å². The highest BCUT2D eigenvalue weighted by atomic mass is 79.9. The summed E-state index contributed by atoms with van der Waals surface area (Å²) in [6, 6.07) is 2.07. The van der Waals surface area contributed by atoms with Crippen LogP contribution in [0.15, 0.2) is 22.9 Å². The number of pyridine rings is 1. The lowest BCUT2D eigenvalue weighted by Gasteiger charge is -2.39.